The molecule has 1 aromatic rings. The minimum atomic E-state index is -0.524. The van der Waals surface area contributed by atoms with Gasteiger partial charge in [-0.2, -0.15) is 0 Å². The van der Waals surface area contributed by atoms with E-state index in [1.165, 1.54) is 0 Å². The van der Waals surface area contributed by atoms with Crippen molar-refractivity contribution < 1.29 is 10.2 Å². The first-order valence-electron chi connectivity index (χ1n) is 6.09. The molecule has 1 unspecified atom stereocenters. The molecule has 2 N–H and O–H groups in total. The molecule has 1 aliphatic rings. The number of pyridine rings is 1. The van der Waals surface area contributed by atoms with Crippen LogP contribution in [0.25, 0.3) is 0 Å². The normalized spacial score (nSPS) is 21.3. The van der Waals surface area contributed by atoms with Gasteiger partial charge in [0.15, 0.2) is 0 Å². The maximum atomic E-state index is 9.88. The number of aromatic nitrogens is 1. The molecule has 0 radical (unpaired) electrons. The van der Waals surface area contributed by atoms with Crippen LogP contribution in [0.4, 0.5) is 5.69 Å². The average Bonchev–Trinajstić information content (AvgIpc) is 2.29. The van der Waals surface area contributed by atoms with Crippen LogP contribution in [-0.2, 0) is 0 Å². The van der Waals surface area contributed by atoms with Crippen LogP contribution in [0.15, 0.2) is 18.3 Å². The van der Waals surface area contributed by atoms with Gasteiger partial charge >= 0.3 is 0 Å². The van der Waals surface area contributed by atoms with Crippen molar-refractivity contribution in [3.8, 4) is 0 Å². The van der Waals surface area contributed by atoms with Crippen molar-refractivity contribution in [2.24, 2.45) is 0 Å². The molecule has 94 valence electrons. The molecule has 2 heterocycles. The third-order valence-corrected chi connectivity index (χ3v) is 3.40. The lowest BCUT2D eigenvalue weighted by atomic mass is 9.93. The minimum absolute atomic E-state index is 0.522. The van der Waals surface area contributed by atoms with E-state index in [1.54, 1.807) is 13.1 Å². The third-order valence-electron chi connectivity index (χ3n) is 3.40. The predicted molar refractivity (Wildman–Crippen MR) is 66.9 cm³/mol. The minimum Gasteiger partial charge on any atom is -0.390 e. The van der Waals surface area contributed by atoms with Gasteiger partial charge in [0.25, 0.3) is 0 Å². The molecule has 4 nitrogen and oxygen atoms in total. The van der Waals surface area contributed by atoms with Crippen LogP contribution in [0, 0.1) is 0 Å². The van der Waals surface area contributed by atoms with Crippen molar-refractivity contribution in [3.63, 3.8) is 0 Å². The lowest BCUT2D eigenvalue weighted by Gasteiger charge is -2.37. The Kier molecular flexibility index (Phi) is 3.35. The number of aliphatic hydroxyl groups is 2. The van der Waals surface area contributed by atoms with Crippen LogP contribution in [-0.4, -0.2) is 33.9 Å². The van der Waals surface area contributed by atoms with E-state index in [-0.39, 0.29) is 0 Å². The van der Waals surface area contributed by atoms with Crippen LogP contribution < -0.4 is 4.90 Å². The molecular weight excluding hydrogens is 216 g/mol. The highest BCUT2D eigenvalue weighted by Crippen LogP contribution is 2.25. The summed E-state index contributed by atoms with van der Waals surface area (Å²) in [5, 5.41) is 19.3. The van der Waals surface area contributed by atoms with Crippen molar-refractivity contribution >= 4 is 5.69 Å². The predicted octanol–water partition coefficient (Wildman–Crippen LogP) is 1.49. The first-order chi connectivity index (χ1) is 7.98. The maximum Gasteiger partial charge on any atom is 0.0931 e. The lowest BCUT2D eigenvalue weighted by molar-refractivity contribution is 0.0351. The Morgan fingerprint density at radius 1 is 1.35 bits per heavy atom. The molecule has 1 aromatic heterocycles. The Bertz CT molecular complexity index is 364. The quantitative estimate of drug-likeness (QED) is 0.816. The first-order valence-corrected chi connectivity index (χ1v) is 6.09. The van der Waals surface area contributed by atoms with E-state index in [4.69, 9.17) is 0 Å². The number of anilines is 1. The summed E-state index contributed by atoms with van der Waals surface area (Å²) >= 11 is 0. The second-order valence-electron chi connectivity index (χ2n) is 5.10. The molecule has 0 saturated carbocycles. The third kappa shape index (κ3) is 2.96. The Labute approximate surface area is 102 Å². The molecule has 0 spiro atoms. The Morgan fingerprint density at radius 2 is 2.00 bits per heavy atom. The van der Waals surface area contributed by atoms with Crippen LogP contribution >= 0.6 is 0 Å². The van der Waals surface area contributed by atoms with Crippen molar-refractivity contribution in [2.75, 3.05) is 18.0 Å². The van der Waals surface area contributed by atoms with Gasteiger partial charge in [-0.1, -0.05) is 0 Å². The summed E-state index contributed by atoms with van der Waals surface area (Å²) in [7, 11) is 0. The number of hydrogen-bond acceptors (Lipinski definition) is 4. The lowest BCUT2D eigenvalue weighted by Crippen LogP contribution is -2.42. The fourth-order valence-corrected chi connectivity index (χ4v) is 2.08. The SMILES string of the molecule is CC(O)c1ccc(N2CCC(C)(O)CC2)cn1. The number of hydrogen-bond donors (Lipinski definition) is 2. The highest BCUT2D eigenvalue weighted by atomic mass is 16.3. The van der Waals surface area contributed by atoms with Gasteiger partial charge < -0.3 is 15.1 Å². The van der Waals surface area contributed by atoms with Crippen molar-refractivity contribution in [1.82, 2.24) is 4.98 Å². The maximum absolute atomic E-state index is 9.88. The van der Waals surface area contributed by atoms with Crippen molar-refractivity contribution in [3.05, 3.63) is 24.0 Å². The second kappa shape index (κ2) is 4.63. The van der Waals surface area contributed by atoms with Crippen LogP contribution in [0.3, 0.4) is 0 Å². The summed E-state index contributed by atoms with van der Waals surface area (Å²) in [5.41, 5.74) is 1.23. The topological polar surface area (TPSA) is 56.6 Å². The van der Waals surface area contributed by atoms with Gasteiger partial charge in [0, 0.05) is 13.1 Å². The summed E-state index contributed by atoms with van der Waals surface area (Å²) < 4.78 is 0. The number of piperidine rings is 1. The highest BCUT2D eigenvalue weighted by Gasteiger charge is 2.27. The number of rotatable bonds is 2. The Balaban J connectivity index is 2.04. The molecule has 1 atom stereocenters. The van der Waals surface area contributed by atoms with E-state index in [2.05, 4.69) is 9.88 Å². The van der Waals surface area contributed by atoms with Gasteiger partial charge in [-0.25, -0.2) is 0 Å². The van der Waals surface area contributed by atoms with E-state index in [9.17, 15) is 10.2 Å². The van der Waals surface area contributed by atoms with Crippen molar-refractivity contribution in [2.45, 2.75) is 38.4 Å². The molecule has 4 heteroatoms. The summed E-state index contributed by atoms with van der Waals surface area (Å²) in [6.45, 7) is 5.30. The largest absolute Gasteiger partial charge is 0.390 e. The molecule has 1 saturated heterocycles. The molecule has 17 heavy (non-hydrogen) atoms. The zero-order valence-corrected chi connectivity index (χ0v) is 10.4. The molecule has 0 amide bonds. The number of nitrogens with zero attached hydrogens (tertiary/aromatic N) is 2. The Hall–Kier alpha value is -1.13. The average molecular weight is 236 g/mol. The van der Waals surface area contributed by atoms with E-state index in [0.717, 1.165) is 31.6 Å². The summed E-state index contributed by atoms with van der Waals surface area (Å²) in [4.78, 5) is 6.45. The number of aliphatic hydroxyl groups excluding tert-OH is 1. The summed E-state index contributed by atoms with van der Waals surface area (Å²) in [5.74, 6) is 0. The van der Waals surface area contributed by atoms with Gasteiger partial charge in [0.1, 0.15) is 0 Å². The monoisotopic (exact) mass is 236 g/mol. The van der Waals surface area contributed by atoms with Gasteiger partial charge in [-0.05, 0) is 38.8 Å². The standard InChI is InChI=1S/C13H20N2O2/c1-10(16)12-4-3-11(9-14-12)15-7-5-13(2,17)6-8-15/h3-4,9-10,16-17H,5-8H2,1-2H3. The second-order valence-corrected chi connectivity index (χ2v) is 5.10. The first kappa shape index (κ1) is 12.3. The summed E-state index contributed by atoms with van der Waals surface area (Å²) in [6.07, 6.45) is 2.84. The van der Waals surface area contributed by atoms with Crippen LogP contribution in [0.1, 0.15) is 38.5 Å². The molecule has 0 aliphatic carbocycles. The van der Waals surface area contributed by atoms with Gasteiger partial charge in [-0.3, -0.25) is 4.98 Å². The molecule has 2 rings (SSSR count). The fourth-order valence-electron chi connectivity index (χ4n) is 2.08. The smallest absolute Gasteiger partial charge is 0.0931 e. The zero-order chi connectivity index (χ0) is 12.5. The van der Waals surface area contributed by atoms with E-state index >= 15 is 0 Å². The van der Waals surface area contributed by atoms with Gasteiger partial charge in [0.05, 0.1) is 29.3 Å². The van der Waals surface area contributed by atoms with Crippen molar-refractivity contribution in [1.29, 1.82) is 0 Å². The zero-order valence-electron chi connectivity index (χ0n) is 10.4. The molecular formula is C13H20N2O2. The van der Waals surface area contributed by atoms with Gasteiger partial charge in [0.2, 0.25) is 0 Å². The Morgan fingerprint density at radius 3 is 2.47 bits per heavy atom. The molecule has 0 aromatic carbocycles. The van der Waals surface area contributed by atoms with Crippen LogP contribution in [0.2, 0.25) is 0 Å². The van der Waals surface area contributed by atoms with E-state index in [0.29, 0.717) is 5.69 Å². The molecule has 1 aliphatic heterocycles. The van der Waals surface area contributed by atoms with Gasteiger partial charge in [-0.15, -0.1) is 0 Å². The van der Waals surface area contributed by atoms with E-state index in [1.807, 2.05) is 19.1 Å². The summed E-state index contributed by atoms with van der Waals surface area (Å²) in [6, 6.07) is 3.84. The molecule has 0 bridgehead atoms. The highest BCUT2D eigenvalue weighted by molar-refractivity contribution is 5.45. The fraction of sp³-hybridized carbons (Fsp3) is 0.615. The van der Waals surface area contributed by atoms with E-state index < -0.39 is 11.7 Å². The van der Waals surface area contributed by atoms with Crippen LogP contribution in [0.5, 0.6) is 0 Å². The molecule has 1 fully saturated rings.